The first kappa shape index (κ1) is 26.9. The van der Waals surface area contributed by atoms with Crippen LogP contribution in [-0.4, -0.2) is 66.6 Å². The number of ether oxygens (including phenoxy) is 5. The molecule has 8 nitrogen and oxygen atoms in total. The smallest absolute Gasteiger partial charge is 0.412 e. The zero-order chi connectivity index (χ0) is 22.8. The van der Waals surface area contributed by atoms with Gasteiger partial charge in [-0.25, -0.2) is 4.79 Å². The maximum absolute atomic E-state index is 12.1. The maximum Gasteiger partial charge on any atom is 0.412 e. The predicted molar refractivity (Wildman–Crippen MR) is 128 cm³/mol. The van der Waals surface area contributed by atoms with Crippen molar-refractivity contribution in [3.8, 4) is 28.7 Å². The minimum absolute atomic E-state index is 0. The van der Waals surface area contributed by atoms with E-state index in [0.717, 1.165) is 11.1 Å². The van der Waals surface area contributed by atoms with Crippen molar-refractivity contribution < 1.29 is 28.5 Å². The van der Waals surface area contributed by atoms with Crippen LogP contribution in [0.15, 0.2) is 30.3 Å². The molecule has 0 aromatic heterocycles. The first-order chi connectivity index (χ1) is 14.9. The van der Waals surface area contributed by atoms with Gasteiger partial charge < -0.3 is 33.9 Å². The summed E-state index contributed by atoms with van der Waals surface area (Å²) in [6.07, 6.45) is 3.25. The van der Waals surface area contributed by atoms with E-state index in [-0.39, 0.29) is 12.4 Å². The molecule has 0 aliphatic carbocycles. The second kappa shape index (κ2) is 13.3. The number of hydrogen-bond donors (Lipinski definition) is 1. The van der Waals surface area contributed by atoms with E-state index < -0.39 is 6.09 Å². The Hall–Kier alpha value is -3.10. The van der Waals surface area contributed by atoms with Gasteiger partial charge in [0, 0.05) is 13.1 Å². The van der Waals surface area contributed by atoms with E-state index >= 15 is 0 Å². The second-order valence-corrected chi connectivity index (χ2v) is 6.82. The van der Waals surface area contributed by atoms with Crippen LogP contribution in [0.25, 0.3) is 12.2 Å². The molecule has 0 atom stereocenters. The average molecular weight is 467 g/mol. The first-order valence-corrected chi connectivity index (χ1v) is 9.68. The molecule has 0 aliphatic heterocycles. The van der Waals surface area contributed by atoms with Crippen LogP contribution in [0.4, 0.5) is 4.79 Å². The summed E-state index contributed by atoms with van der Waals surface area (Å²) in [6.45, 7) is 1.19. The minimum Gasteiger partial charge on any atom is -0.493 e. The summed E-state index contributed by atoms with van der Waals surface area (Å²) >= 11 is 0. The summed E-state index contributed by atoms with van der Waals surface area (Å²) < 4.78 is 26.9. The van der Waals surface area contributed by atoms with Gasteiger partial charge in [0.1, 0.15) is 0 Å². The lowest BCUT2D eigenvalue weighted by Gasteiger charge is -2.13. The number of amides is 1. The molecular formula is C23H31ClN2O6. The molecule has 2 aromatic rings. The topological polar surface area (TPSA) is 78.5 Å². The van der Waals surface area contributed by atoms with Crippen LogP contribution in [0.1, 0.15) is 11.1 Å². The third kappa shape index (κ3) is 7.55. The molecule has 0 saturated carbocycles. The molecule has 0 saturated heterocycles. The summed E-state index contributed by atoms with van der Waals surface area (Å²) in [4.78, 5) is 14.1. The number of rotatable bonds is 10. The standard InChI is InChI=1S/C23H30N2O6.ClH/c1-25(2)12-11-24-23(26)31-19-13-16(9-10-18(19)27-3)7-8-17-14-20(28-4)22(30-6)21(15-17)29-5;/h7-10,13-15H,11-12H2,1-6H3,(H,24,26);1H/b8-7+;. The van der Waals surface area contributed by atoms with Gasteiger partial charge in [-0.1, -0.05) is 18.2 Å². The molecule has 0 heterocycles. The summed E-state index contributed by atoms with van der Waals surface area (Å²) in [5.74, 6) is 2.46. The highest BCUT2D eigenvalue weighted by Gasteiger charge is 2.13. The SMILES string of the molecule is COc1ccc(/C=C/c2cc(OC)c(OC)c(OC)c2)cc1OC(=O)NCCN(C)C.Cl. The third-order valence-corrected chi connectivity index (χ3v) is 4.37. The summed E-state index contributed by atoms with van der Waals surface area (Å²) in [5, 5.41) is 2.71. The normalized spacial score (nSPS) is 10.5. The van der Waals surface area contributed by atoms with Gasteiger partial charge in [0.15, 0.2) is 23.0 Å². The number of nitrogens with zero attached hydrogens (tertiary/aromatic N) is 1. The monoisotopic (exact) mass is 466 g/mol. The molecule has 0 bridgehead atoms. The van der Waals surface area contributed by atoms with Crippen LogP contribution >= 0.6 is 12.4 Å². The summed E-state index contributed by atoms with van der Waals surface area (Å²) in [5.41, 5.74) is 1.68. The van der Waals surface area contributed by atoms with Crippen LogP contribution in [0.3, 0.4) is 0 Å². The van der Waals surface area contributed by atoms with Crippen LogP contribution in [0.2, 0.25) is 0 Å². The van der Waals surface area contributed by atoms with Gasteiger partial charge in [-0.2, -0.15) is 0 Å². The molecule has 1 N–H and O–H groups in total. The number of likely N-dealkylation sites (N-methyl/N-ethyl adjacent to an activating group) is 1. The largest absolute Gasteiger partial charge is 0.493 e. The van der Waals surface area contributed by atoms with E-state index in [1.807, 2.05) is 49.3 Å². The van der Waals surface area contributed by atoms with Crippen LogP contribution in [-0.2, 0) is 0 Å². The Labute approximate surface area is 195 Å². The van der Waals surface area contributed by atoms with Gasteiger partial charge in [-0.15, -0.1) is 12.4 Å². The molecule has 0 radical (unpaired) electrons. The van der Waals surface area contributed by atoms with Gasteiger partial charge in [0.25, 0.3) is 0 Å². The fraction of sp³-hybridized carbons (Fsp3) is 0.348. The van der Waals surface area contributed by atoms with E-state index in [1.165, 1.54) is 7.11 Å². The first-order valence-electron chi connectivity index (χ1n) is 9.68. The number of nitrogens with one attached hydrogen (secondary N) is 1. The van der Waals surface area contributed by atoms with Crippen LogP contribution in [0.5, 0.6) is 28.7 Å². The minimum atomic E-state index is -0.536. The molecule has 176 valence electrons. The molecule has 9 heteroatoms. The van der Waals surface area contributed by atoms with E-state index in [0.29, 0.717) is 41.8 Å². The lowest BCUT2D eigenvalue weighted by atomic mass is 10.1. The van der Waals surface area contributed by atoms with Crippen molar-refractivity contribution in [1.82, 2.24) is 10.2 Å². The van der Waals surface area contributed by atoms with Gasteiger partial charge in [0.05, 0.1) is 28.4 Å². The van der Waals surface area contributed by atoms with Gasteiger partial charge in [-0.3, -0.25) is 0 Å². The molecule has 0 spiro atoms. The Morgan fingerprint density at radius 3 is 1.94 bits per heavy atom. The van der Waals surface area contributed by atoms with Crippen LogP contribution < -0.4 is 29.0 Å². The van der Waals surface area contributed by atoms with Crippen molar-refractivity contribution in [2.24, 2.45) is 0 Å². The Bertz CT molecular complexity index is 892. The van der Waals surface area contributed by atoms with Crippen molar-refractivity contribution in [3.63, 3.8) is 0 Å². The Morgan fingerprint density at radius 1 is 0.844 bits per heavy atom. The average Bonchev–Trinajstić information content (AvgIpc) is 2.76. The lowest BCUT2D eigenvalue weighted by molar-refractivity contribution is 0.197. The number of methoxy groups -OCH3 is 4. The molecule has 0 unspecified atom stereocenters. The molecule has 0 aliphatic rings. The summed E-state index contributed by atoms with van der Waals surface area (Å²) in [7, 11) is 10.1. The fourth-order valence-electron chi connectivity index (χ4n) is 2.78. The zero-order valence-corrected chi connectivity index (χ0v) is 20.1. The predicted octanol–water partition coefficient (Wildman–Crippen LogP) is 3.96. The quantitative estimate of drug-likeness (QED) is 0.531. The molecular weight excluding hydrogens is 436 g/mol. The number of carbonyl (C=O) groups is 1. The molecule has 2 aromatic carbocycles. The molecule has 32 heavy (non-hydrogen) atoms. The van der Waals surface area contributed by atoms with E-state index in [2.05, 4.69) is 5.32 Å². The summed E-state index contributed by atoms with van der Waals surface area (Å²) in [6, 6.07) is 9.04. The van der Waals surface area contributed by atoms with E-state index in [4.69, 9.17) is 23.7 Å². The number of hydrogen-bond acceptors (Lipinski definition) is 7. The molecule has 2 rings (SSSR count). The zero-order valence-electron chi connectivity index (χ0n) is 19.3. The van der Waals surface area contributed by atoms with Crippen LogP contribution in [0, 0.1) is 0 Å². The van der Waals surface area contributed by atoms with Crippen molar-refractivity contribution in [2.45, 2.75) is 0 Å². The highest BCUT2D eigenvalue weighted by atomic mass is 35.5. The molecule has 1 amide bonds. The van der Waals surface area contributed by atoms with Crippen molar-refractivity contribution in [3.05, 3.63) is 41.5 Å². The number of halogens is 1. The van der Waals surface area contributed by atoms with Gasteiger partial charge >= 0.3 is 6.09 Å². The fourth-order valence-corrected chi connectivity index (χ4v) is 2.78. The highest BCUT2D eigenvalue weighted by Crippen LogP contribution is 2.38. The van der Waals surface area contributed by atoms with Gasteiger partial charge in [-0.05, 0) is 49.5 Å². The maximum atomic E-state index is 12.1. The Balaban J connectivity index is 0.00000512. The number of benzene rings is 2. The Kier molecular flexibility index (Phi) is 11.2. The molecule has 0 fully saturated rings. The van der Waals surface area contributed by atoms with E-state index in [1.54, 1.807) is 33.5 Å². The highest BCUT2D eigenvalue weighted by molar-refractivity contribution is 5.85. The third-order valence-electron chi connectivity index (χ3n) is 4.37. The van der Waals surface area contributed by atoms with Crippen molar-refractivity contribution >= 4 is 30.7 Å². The number of carbonyl (C=O) groups excluding carboxylic acids is 1. The van der Waals surface area contributed by atoms with Crippen molar-refractivity contribution in [2.75, 3.05) is 55.6 Å². The van der Waals surface area contributed by atoms with Gasteiger partial charge in [0.2, 0.25) is 5.75 Å². The van der Waals surface area contributed by atoms with E-state index in [9.17, 15) is 4.79 Å². The van der Waals surface area contributed by atoms with Crippen molar-refractivity contribution in [1.29, 1.82) is 0 Å². The Morgan fingerprint density at radius 2 is 1.41 bits per heavy atom. The second-order valence-electron chi connectivity index (χ2n) is 6.82. The lowest BCUT2D eigenvalue weighted by Crippen LogP contribution is -2.33.